The summed E-state index contributed by atoms with van der Waals surface area (Å²) in [7, 11) is 0. The zero-order valence-electron chi connectivity index (χ0n) is 8.74. The number of hydrazine groups is 1. The minimum absolute atomic E-state index is 0. The summed E-state index contributed by atoms with van der Waals surface area (Å²) in [6.45, 7) is 4.03. The van der Waals surface area contributed by atoms with Crippen LogP contribution in [0.5, 0.6) is 0 Å². The van der Waals surface area contributed by atoms with Crippen molar-refractivity contribution < 1.29 is 0 Å². The van der Waals surface area contributed by atoms with Crippen LogP contribution in [0.3, 0.4) is 0 Å². The predicted molar refractivity (Wildman–Crippen MR) is 66.6 cm³/mol. The third-order valence-corrected chi connectivity index (χ3v) is 3.05. The molecular formula is C11H16Cl2N2. The Bertz CT molecular complexity index is 341. The molecule has 0 aromatic heterocycles. The molecule has 1 aliphatic rings. The van der Waals surface area contributed by atoms with Crippen LogP contribution in [0.4, 0.5) is 0 Å². The molecule has 1 aromatic carbocycles. The van der Waals surface area contributed by atoms with Crippen LogP contribution in [-0.2, 0) is 6.42 Å². The average Bonchev–Trinajstić information content (AvgIpc) is 2.27. The summed E-state index contributed by atoms with van der Waals surface area (Å²) >= 11 is 5.99. The van der Waals surface area contributed by atoms with Gasteiger partial charge in [-0.25, -0.2) is 5.01 Å². The quantitative estimate of drug-likeness (QED) is 0.714. The molecule has 1 atom stereocenters. The summed E-state index contributed by atoms with van der Waals surface area (Å²) in [5, 5.41) is 2.71. The van der Waals surface area contributed by atoms with E-state index in [0.717, 1.165) is 24.5 Å². The Hall–Kier alpha value is -0.280. The molecule has 1 aromatic rings. The van der Waals surface area contributed by atoms with Crippen molar-refractivity contribution in [2.24, 2.45) is 5.84 Å². The largest absolute Gasteiger partial charge is 0.269 e. The van der Waals surface area contributed by atoms with Gasteiger partial charge in [0, 0.05) is 18.1 Å². The van der Waals surface area contributed by atoms with Gasteiger partial charge >= 0.3 is 0 Å². The maximum absolute atomic E-state index is 5.99. The number of rotatable bonds is 0. The summed E-state index contributed by atoms with van der Waals surface area (Å²) in [6.07, 6.45) is 1.02. The maximum Gasteiger partial charge on any atom is 0.0409 e. The van der Waals surface area contributed by atoms with Crippen molar-refractivity contribution in [2.75, 3.05) is 13.1 Å². The topological polar surface area (TPSA) is 29.3 Å². The molecule has 15 heavy (non-hydrogen) atoms. The fourth-order valence-corrected chi connectivity index (χ4v) is 2.24. The molecule has 84 valence electrons. The van der Waals surface area contributed by atoms with Gasteiger partial charge in [-0.05, 0) is 35.6 Å². The third kappa shape index (κ3) is 2.85. The van der Waals surface area contributed by atoms with Crippen molar-refractivity contribution in [1.29, 1.82) is 0 Å². The number of hydrogen-bond acceptors (Lipinski definition) is 2. The van der Waals surface area contributed by atoms with Crippen LogP contribution in [0, 0.1) is 0 Å². The first-order chi connectivity index (χ1) is 6.66. The van der Waals surface area contributed by atoms with E-state index in [1.165, 1.54) is 11.1 Å². The number of fused-ring (bicyclic) bond motifs is 1. The molecule has 0 bridgehead atoms. The first kappa shape index (κ1) is 12.8. The minimum atomic E-state index is 0. The lowest BCUT2D eigenvalue weighted by molar-refractivity contribution is 0.281. The van der Waals surface area contributed by atoms with Crippen LogP contribution in [0.2, 0.25) is 5.02 Å². The predicted octanol–water partition coefficient (Wildman–Crippen LogP) is 2.60. The summed E-state index contributed by atoms with van der Waals surface area (Å²) in [6, 6.07) is 6.15. The van der Waals surface area contributed by atoms with Gasteiger partial charge in [0.05, 0.1) is 0 Å². The zero-order chi connectivity index (χ0) is 10.1. The second-order valence-electron chi connectivity index (χ2n) is 3.99. The monoisotopic (exact) mass is 246 g/mol. The Labute approximate surface area is 102 Å². The molecule has 2 nitrogen and oxygen atoms in total. The van der Waals surface area contributed by atoms with Gasteiger partial charge in [-0.15, -0.1) is 12.4 Å². The highest BCUT2D eigenvalue weighted by Gasteiger charge is 2.17. The standard InChI is InChI=1S/C11H15ClN2.ClH/c1-8-7-14(13)5-4-9-2-3-10(12)6-11(8)9;/h2-3,6,8H,4-5,7,13H2,1H3;1H/t8-;/m0./s1. The molecule has 1 aliphatic heterocycles. The minimum Gasteiger partial charge on any atom is -0.269 e. The van der Waals surface area contributed by atoms with Gasteiger partial charge in [-0.2, -0.15) is 0 Å². The average molecular weight is 247 g/mol. The Morgan fingerprint density at radius 2 is 2.20 bits per heavy atom. The summed E-state index contributed by atoms with van der Waals surface area (Å²) in [5.41, 5.74) is 2.74. The van der Waals surface area contributed by atoms with Crippen LogP contribution in [0.15, 0.2) is 18.2 Å². The lowest BCUT2D eigenvalue weighted by Gasteiger charge is -2.16. The van der Waals surface area contributed by atoms with E-state index in [-0.39, 0.29) is 12.4 Å². The highest BCUT2D eigenvalue weighted by Crippen LogP contribution is 2.26. The van der Waals surface area contributed by atoms with Crippen LogP contribution < -0.4 is 5.84 Å². The molecule has 0 spiro atoms. The van der Waals surface area contributed by atoms with Crippen molar-refractivity contribution in [3.63, 3.8) is 0 Å². The molecule has 0 saturated heterocycles. The molecule has 1 heterocycles. The SMILES string of the molecule is C[C@H]1CN(N)CCc2ccc(Cl)cc21.Cl. The lowest BCUT2D eigenvalue weighted by atomic mass is 9.95. The molecule has 2 rings (SSSR count). The van der Waals surface area contributed by atoms with Crippen molar-refractivity contribution in [1.82, 2.24) is 5.01 Å². The van der Waals surface area contributed by atoms with Gasteiger partial charge in [0.25, 0.3) is 0 Å². The molecule has 0 radical (unpaired) electrons. The Kier molecular flexibility index (Phi) is 4.41. The summed E-state index contributed by atoms with van der Waals surface area (Å²) in [5.74, 6) is 6.31. The van der Waals surface area contributed by atoms with Crippen molar-refractivity contribution >= 4 is 24.0 Å². The number of hydrogen-bond donors (Lipinski definition) is 1. The van der Waals surface area contributed by atoms with Gasteiger partial charge in [0.2, 0.25) is 0 Å². The molecular weight excluding hydrogens is 231 g/mol. The van der Waals surface area contributed by atoms with Crippen LogP contribution in [-0.4, -0.2) is 18.1 Å². The fraction of sp³-hybridized carbons (Fsp3) is 0.455. The van der Waals surface area contributed by atoms with E-state index >= 15 is 0 Å². The molecule has 0 saturated carbocycles. The molecule has 0 unspecified atom stereocenters. The van der Waals surface area contributed by atoms with Crippen LogP contribution >= 0.6 is 24.0 Å². The van der Waals surface area contributed by atoms with Crippen molar-refractivity contribution in [2.45, 2.75) is 19.3 Å². The Morgan fingerprint density at radius 1 is 1.47 bits per heavy atom. The van der Waals surface area contributed by atoms with E-state index in [4.69, 9.17) is 17.4 Å². The van der Waals surface area contributed by atoms with Gasteiger partial charge in [-0.1, -0.05) is 24.6 Å². The number of halogens is 2. The zero-order valence-corrected chi connectivity index (χ0v) is 10.3. The van der Waals surface area contributed by atoms with Crippen LogP contribution in [0.1, 0.15) is 24.0 Å². The number of benzene rings is 1. The first-order valence-electron chi connectivity index (χ1n) is 4.95. The fourth-order valence-electron chi connectivity index (χ4n) is 2.06. The Balaban J connectivity index is 0.00000112. The van der Waals surface area contributed by atoms with E-state index < -0.39 is 0 Å². The number of nitrogens with zero attached hydrogens (tertiary/aromatic N) is 1. The lowest BCUT2D eigenvalue weighted by Crippen LogP contribution is -2.34. The molecule has 0 amide bonds. The molecule has 0 aliphatic carbocycles. The second-order valence-corrected chi connectivity index (χ2v) is 4.43. The van der Waals surface area contributed by atoms with Gasteiger partial charge in [0.15, 0.2) is 0 Å². The third-order valence-electron chi connectivity index (χ3n) is 2.82. The summed E-state index contributed by atoms with van der Waals surface area (Å²) < 4.78 is 0. The van der Waals surface area contributed by atoms with Gasteiger partial charge < -0.3 is 0 Å². The second kappa shape index (κ2) is 5.17. The summed E-state index contributed by atoms with van der Waals surface area (Å²) in [4.78, 5) is 0. The highest BCUT2D eigenvalue weighted by molar-refractivity contribution is 6.30. The van der Waals surface area contributed by atoms with E-state index in [9.17, 15) is 0 Å². The maximum atomic E-state index is 5.99. The molecule has 0 fully saturated rings. The smallest absolute Gasteiger partial charge is 0.0409 e. The molecule has 2 N–H and O–H groups in total. The molecule has 4 heteroatoms. The van der Waals surface area contributed by atoms with E-state index in [2.05, 4.69) is 19.1 Å². The van der Waals surface area contributed by atoms with E-state index in [1.807, 2.05) is 11.1 Å². The first-order valence-corrected chi connectivity index (χ1v) is 5.32. The number of nitrogens with two attached hydrogens (primary N) is 1. The van der Waals surface area contributed by atoms with Crippen LogP contribution in [0.25, 0.3) is 0 Å². The van der Waals surface area contributed by atoms with E-state index in [1.54, 1.807) is 0 Å². The van der Waals surface area contributed by atoms with E-state index in [0.29, 0.717) is 5.92 Å². The van der Waals surface area contributed by atoms with Gasteiger partial charge in [0.1, 0.15) is 0 Å². The van der Waals surface area contributed by atoms with Gasteiger partial charge in [-0.3, -0.25) is 5.84 Å². The highest BCUT2D eigenvalue weighted by atomic mass is 35.5. The normalized spacial score (nSPS) is 21.4. The Morgan fingerprint density at radius 3 is 2.93 bits per heavy atom. The van der Waals surface area contributed by atoms with Crippen molar-refractivity contribution in [3.05, 3.63) is 34.3 Å². The van der Waals surface area contributed by atoms with Crippen molar-refractivity contribution in [3.8, 4) is 0 Å².